The van der Waals surface area contributed by atoms with Crippen LogP contribution in [0.2, 0.25) is 0 Å². The number of nitrogens with zero attached hydrogens (tertiary/aromatic N) is 2. The van der Waals surface area contributed by atoms with Gasteiger partial charge in [0.1, 0.15) is 0 Å². The van der Waals surface area contributed by atoms with Gasteiger partial charge in [-0.15, -0.1) is 0 Å². The van der Waals surface area contributed by atoms with Crippen molar-refractivity contribution in [3.63, 3.8) is 0 Å². The molecule has 6 nitrogen and oxygen atoms in total. The van der Waals surface area contributed by atoms with Gasteiger partial charge in [-0.05, 0) is 50.3 Å². The zero-order valence-electron chi connectivity index (χ0n) is 15.9. The fraction of sp³-hybridized carbons (Fsp3) is 0.300. The fourth-order valence-electron chi connectivity index (χ4n) is 2.98. The van der Waals surface area contributed by atoms with Crippen molar-refractivity contribution in [3.05, 3.63) is 59.7 Å². The standard InChI is InChI=1S/C20H23N3O3S2/c1-15-3-7-18(8-4-15)21-20(27)22-11-13-23(14-12-22)28(25,26)19-9-5-17(6-10-19)16(2)24/h3-10H,11-14H2,1-2H3,(H,21,27). The van der Waals surface area contributed by atoms with Gasteiger partial charge in [0.2, 0.25) is 10.0 Å². The van der Waals surface area contributed by atoms with Gasteiger partial charge in [0, 0.05) is 37.4 Å². The van der Waals surface area contributed by atoms with Crippen molar-refractivity contribution in [1.82, 2.24) is 9.21 Å². The molecule has 0 aromatic heterocycles. The summed E-state index contributed by atoms with van der Waals surface area (Å²) in [6.07, 6.45) is 0. The molecule has 0 atom stereocenters. The van der Waals surface area contributed by atoms with Crippen LogP contribution in [0.25, 0.3) is 0 Å². The van der Waals surface area contributed by atoms with Crippen molar-refractivity contribution in [2.24, 2.45) is 0 Å². The van der Waals surface area contributed by atoms with Crippen molar-refractivity contribution in [1.29, 1.82) is 0 Å². The molecule has 0 amide bonds. The molecule has 8 heteroatoms. The number of hydrogen-bond donors (Lipinski definition) is 1. The van der Waals surface area contributed by atoms with Gasteiger partial charge in [0.25, 0.3) is 0 Å². The SMILES string of the molecule is CC(=O)c1ccc(S(=O)(=O)N2CCN(C(=S)Nc3ccc(C)cc3)CC2)cc1. The summed E-state index contributed by atoms with van der Waals surface area (Å²) >= 11 is 5.47. The Bertz CT molecular complexity index is 963. The lowest BCUT2D eigenvalue weighted by Gasteiger charge is -2.35. The van der Waals surface area contributed by atoms with Crippen LogP contribution in [-0.2, 0) is 10.0 Å². The minimum absolute atomic E-state index is 0.0906. The summed E-state index contributed by atoms with van der Waals surface area (Å²) in [7, 11) is -3.59. The van der Waals surface area contributed by atoms with Crippen molar-refractivity contribution in [2.45, 2.75) is 18.7 Å². The number of rotatable bonds is 4. The maximum absolute atomic E-state index is 12.8. The van der Waals surface area contributed by atoms with Gasteiger partial charge in [-0.3, -0.25) is 4.79 Å². The van der Waals surface area contributed by atoms with E-state index in [0.29, 0.717) is 36.9 Å². The second kappa shape index (κ2) is 8.38. The molecule has 1 aliphatic heterocycles. The Morgan fingerprint density at radius 2 is 1.54 bits per heavy atom. The van der Waals surface area contributed by atoms with E-state index in [4.69, 9.17) is 12.2 Å². The first-order chi connectivity index (χ1) is 13.3. The van der Waals surface area contributed by atoms with E-state index in [1.807, 2.05) is 36.1 Å². The number of hydrogen-bond acceptors (Lipinski definition) is 4. The van der Waals surface area contributed by atoms with Gasteiger partial charge in [0.15, 0.2) is 10.9 Å². The Balaban J connectivity index is 1.61. The normalized spacial score (nSPS) is 15.3. The van der Waals surface area contributed by atoms with E-state index in [9.17, 15) is 13.2 Å². The van der Waals surface area contributed by atoms with Crippen LogP contribution in [0.4, 0.5) is 5.69 Å². The first-order valence-electron chi connectivity index (χ1n) is 9.01. The lowest BCUT2D eigenvalue weighted by molar-refractivity contribution is 0.101. The van der Waals surface area contributed by atoms with Gasteiger partial charge in [-0.2, -0.15) is 4.31 Å². The Kier molecular flexibility index (Phi) is 6.12. The van der Waals surface area contributed by atoms with E-state index in [-0.39, 0.29) is 10.7 Å². The van der Waals surface area contributed by atoms with Crippen LogP contribution in [0.15, 0.2) is 53.4 Å². The smallest absolute Gasteiger partial charge is 0.243 e. The Morgan fingerprint density at radius 3 is 2.07 bits per heavy atom. The molecule has 28 heavy (non-hydrogen) atoms. The minimum Gasteiger partial charge on any atom is -0.346 e. The van der Waals surface area contributed by atoms with E-state index < -0.39 is 10.0 Å². The zero-order chi connectivity index (χ0) is 20.3. The number of benzene rings is 2. The third-order valence-corrected chi connectivity index (χ3v) is 7.00. The van der Waals surface area contributed by atoms with E-state index in [0.717, 1.165) is 5.69 Å². The maximum atomic E-state index is 12.8. The lowest BCUT2D eigenvalue weighted by Crippen LogP contribution is -2.51. The molecule has 1 fully saturated rings. The average molecular weight is 418 g/mol. The largest absolute Gasteiger partial charge is 0.346 e. The Labute approximate surface area is 171 Å². The van der Waals surface area contributed by atoms with E-state index in [1.165, 1.54) is 28.9 Å². The van der Waals surface area contributed by atoms with Crippen LogP contribution in [0, 0.1) is 6.92 Å². The lowest BCUT2D eigenvalue weighted by atomic mass is 10.2. The molecule has 148 valence electrons. The molecule has 3 rings (SSSR count). The molecule has 0 radical (unpaired) electrons. The summed E-state index contributed by atoms with van der Waals surface area (Å²) in [6, 6.07) is 14.0. The summed E-state index contributed by atoms with van der Waals surface area (Å²) in [5, 5.41) is 3.79. The number of nitrogens with one attached hydrogen (secondary N) is 1. The Morgan fingerprint density at radius 1 is 0.964 bits per heavy atom. The number of piperazine rings is 1. The van der Waals surface area contributed by atoms with Crippen LogP contribution < -0.4 is 5.32 Å². The van der Waals surface area contributed by atoms with Crippen LogP contribution in [0.3, 0.4) is 0 Å². The number of carbonyl (C=O) groups excluding carboxylic acids is 1. The highest BCUT2D eigenvalue weighted by atomic mass is 32.2. The highest BCUT2D eigenvalue weighted by Crippen LogP contribution is 2.19. The number of ketones is 1. The monoisotopic (exact) mass is 417 g/mol. The molecule has 0 spiro atoms. The first kappa shape index (κ1) is 20.4. The van der Waals surface area contributed by atoms with E-state index in [1.54, 1.807) is 12.1 Å². The highest BCUT2D eigenvalue weighted by Gasteiger charge is 2.29. The molecule has 0 saturated carbocycles. The van der Waals surface area contributed by atoms with Crippen LogP contribution in [0.5, 0.6) is 0 Å². The number of anilines is 1. The molecular weight excluding hydrogens is 394 g/mol. The van der Waals surface area contributed by atoms with Crippen molar-refractivity contribution in [3.8, 4) is 0 Å². The molecule has 0 aliphatic carbocycles. The maximum Gasteiger partial charge on any atom is 0.243 e. The van der Waals surface area contributed by atoms with Crippen molar-refractivity contribution >= 4 is 38.8 Å². The van der Waals surface area contributed by atoms with Crippen molar-refractivity contribution in [2.75, 3.05) is 31.5 Å². The third-order valence-electron chi connectivity index (χ3n) is 4.73. The van der Waals surface area contributed by atoms with E-state index >= 15 is 0 Å². The molecule has 0 bridgehead atoms. The van der Waals surface area contributed by atoms with Gasteiger partial charge in [-0.25, -0.2) is 8.42 Å². The molecule has 1 N–H and O–H groups in total. The first-order valence-corrected chi connectivity index (χ1v) is 10.9. The molecule has 2 aromatic rings. The summed E-state index contributed by atoms with van der Waals surface area (Å²) in [5.41, 5.74) is 2.58. The zero-order valence-corrected chi connectivity index (χ0v) is 17.5. The minimum atomic E-state index is -3.59. The highest BCUT2D eigenvalue weighted by molar-refractivity contribution is 7.89. The van der Waals surface area contributed by atoms with Crippen LogP contribution >= 0.6 is 12.2 Å². The predicted molar refractivity (Wildman–Crippen MR) is 114 cm³/mol. The number of aryl methyl sites for hydroxylation is 1. The topological polar surface area (TPSA) is 69.7 Å². The summed E-state index contributed by atoms with van der Waals surface area (Å²) < 4.78 is 27.1. The Hall–Kier alpha value is -2.29. The van der Waals surface area contributed by atoms with Gasteiger partial charge < -0.3 is 10.2 Å². The molecule has 1 aliphatic rings. The number of thiocarbonyl (C=S) groups is 1. The van der Waals surface area contributed by atoms with Gasteiger partial charge in [-0.1, -0.05) is 29.8 Å². The third kappa shape index (κ3) is 4.57. The second-order valence-electron chi connectivity index (χ2n) is 6.77. The van der Waals surface area contributed by atoms with Gasteiger partial charge >= 0.3 is 0 Å². The summed E-state index contributed by atoms with van der Waals surface area (Å²) in [4.78, 5) is 13.5. The average Bonchev–Trinajstić information content (AvgIpc) is 2.70. The van der Waals surface area contributed by atoms with E-state index in [2.05, 4.69) is 5.32 Å². The molecule has 1 saturated heterocycles. The fourth-order valence-corrected chi connectivity index (χ4v) is 4.70. The molecule has 0 unspecified atom stereocenters. The number of Topliss-reactive ketones (excluding diaryl/α,β-unsaturated/α-hetero) is 1. The summed E-state index contributed by atoms with van der Waals surface area (Å²) in [5.74, 6) is -0.0906. The molecule has 1 heterocycles. The number of carbonyl (C=O) groups is 1. The van der Waals surface area contributed by atoms with Crippen molar-refractivity contribution < 1.29 is 13.2 Å². The van der Waals surface area contributed by atoms with Gasteiger partial charge in [0.05, 0.1) is 4.90 Å². The molecule has 2 aromatic carbocycles. The second-order valence-corrected chi connectivity index (χ2v) is 9.09. The van der Waals surface area contributed by atoms with Crippen LogP contribution in [-0.4, -0.2) is 54.7 Å². The summed E-state index contributed by atoms with van der Waals surface area (Å²) in [6.45, 7) is 5.22. The quantitative estimate of drug-likeness (QED) is 0.609. The number of sulfonamides is 1. The molecular formula is C20H23N3O3S2. The predicted octanol–water partition coefficient (Wildman–Crippen LogP) is 2.90. The van der Waals surface area contributed by atoms with Crippen LogP contribution in [0.1, 0.15) is 22.8 Å².